The molecule has 0 saturated heterocycles. The number of nitrogens with one attached hydrogen (secondary N) is 1. The number of hydrogen-bond acceptors (Lipinski definition) is 5. The molecule has 118 valence electrons. The minimum Gasteiger partial charge on any atom is -0.508 e. The van der Waals surface area contributed by atoms with Crippen molar-refractivity contribution >= 4 is 10.9 Å². The largest absolute Gasteiger partial charge is 0.508 e. The number of phenolic OH excluding ortho intramolecular Hbond substituents is 1. The molecule has 7 heteroatoms. The number of fused-ring (bicyclic) bond motifs is 1. The van der Waals surface area contributed by atoms with Gasteiger partial charge in [-0.15, -0.1) is 0 Å². The summed E-state index contributed by atoms with van der Waals surface area (Å²) < 4.78 is 18.9. The summed E-state index contributed by atoms with van der Waals surface area (Å²) in [6, 6.07) is 12.7. The molecule has 4 aromatic rings. The van der Waals surface area contributed by atoms with E-state index in [2.05, 4.69) is 19.6 Å². The van der Waals surface area contributed by atoms with Gasteiger partial charge in [-0.1, -0.05) is 12.1 Å². The number of pyridine rings is 1. The number of benzene rings is 2. The maximum Gasteiger partial charge on any atom is 0.460 e. The summed E-state index contributed by atoms with van der Waals surface area (Å²) in [7, 11) is 0. The van der Waals surface area contributed by atoms with Gasteiger partial charge >= 0.3 is 5.76 Å². The van der Waals surface area contributed by atoms with Crippen molar-refractivity contribution in [3.8, 4) is 28.4 Å². The van der Waals surface area contributed by atoms with Crippen LogP contribution in [0, 0.1) is 5.82 Å². The second-order valence-corrected chi connectivity index (χ2v) is 5.20. The van der Waals surface area contributed by atoms with Crippen molar-refractivity contribution < 1.29 is 14.0 Å². The molecule has 0 aliphatic rings. The second-order valence-electron chi connectivity index (χ2n) is 5.20. The van der Waals surface area contributed by atoms with E-state index in [1.165, 1.54) is 12.1 Å². The molecule has 0 atom stereocenters. The molecule has 0 unspecified atom stereocenters. The molecular formula is C17H10FN3O3. The van der Waals surface area contributed by atoms with Crippen molar-refractivity contribution in [1.29, 1.82) is 0 Å². The summed E-state index contributed by atoms with van der Waals surface area (Å²) in [5.74, 6) is -0.961. The predicted molar refractivity (Wildman–Crippen MR) is 84.9 cm³/mol. The molecule has 0 radical (unpaired) electrons. The summed E-state index contributed by atoms with van der Waals surface area (Å²) >= 11 is 0. The van der Waals surface area contributed by atoms with Gasteiger partial charge in [-0.3, -0.25) is 0 Å². The van der Waals surface area contributed by atoms with Crippen molar-refractivity contribution in [2.24, 2.45) is 0 Å². The minimum atomic E-state index is -0.770. The Bertz CT molecular complexity index is 1120. The average Bonchev–Trinajstić information content (AvgIpc) is 3.01. The Balaban J connectivity index is 1.79. The van der Waals surface area contributed by atoms with Crippen LogP contribution >= 0.6 is 0 Å². The normalized spacial score (nSPS) is 11.0. The number of aromatic hydroxyl groups is 1. The first-order chi connectivity index (χ1) is 11.6. The number of rotatable bonds is 2. The van der Waals surface area contributed by atoms with Gasteiger partial charge in [0.1, 0.15) is 11.6 Å². The number of aromatic nitrogens is 3. The molecule has 0 amide bonds. The van der Waals surface area contributed by atoms with E-state index < -0.39 is 11.6 Å². The van der Waals surface area contributed by atoms with Crippen molar-refractivity contribution in [2.75, 3.05) is 0 Å². The lowest BCUT2D eigenvalue weighted by atomic mass is 10.1. The molecule has 2 heterocycles. The van der Waals surface area contributed by atoms with E-state index in [4.69, 9.17) is 0 Å². The highest BCUT2D eigenvalue weighted by atomic mass is 19.1. The van der Waals surface area contributed by atoms with Gasteiger partial charge in [0.25, 0.3) is 0 Å². The molecule has 0 fully saturated rings. The van der Waals surface area contributed by atoms with Crippen molar-refractivity contribution in [1.82, 2.24) is 15.1 Å². The summed E-state index contributed by atoms with van der Waals surface area (Å²) in [5, 5.41) is 12.6. The molecule has 2 N–H and O–H groups in total. The quantitative estimate of drug-likeness (QED) is 0.591. The van der Waals surface area contributed by atoms with E-state index in [1.807, 2.05) is 0 Å². The topological polar surface area (TPSA) is 92.0 Å². The molecule has 4 rings (SSSR count). The van der Waals surface area contributed by atoms with Crippen LogP contribution in [0.2, 0.25) is 0 Å². The van der Waals surface area contributed by atoms with E-state index in [9.17, 15) is 14.3 Å². The molecular weight excluding hydrogens is 313 g/mol. The number of halogens is 1. The average molecular weight is 323 g/mol. The van der Waals surface area contributed by atoms with Crippen molar-refractivity contribution in [2.45, 2.75) is 0 Å². The fourth-order valence-corrected chi connectivity index (χ4v) is 2.49. The van der Waals surface area contributed by atoms with Gasteiger partial charge in [-0.25, -0.2) is 14.2 Å². The van der Waals surface area contributed by atoms with Crippen LogP contribution in [0.5, 0.6) is 5.75 Å². The number of nitrogens with zero attached hydrogens (tertiary/aromatic N) is 2. The Morgan fingerprint density at radius 1 is 1.04 bits per heavy atom. The lowest BCUT2D eigenvalue weighted by Gasteiger charge is -2.06. The SMILES string of the molecule is O=c1nc(-c2ccc(-c3ccc4cc(O)ccc4n3)c(F)c2)[nH]o1. The van der Waals surface area contributed by atoms with Crippen molar-refractivity contribution in [3.63, 3.8) is 0 Å². The van der Waals surface area contributed by atoms with Crippen LogP contribution in [0.25, 0.3) is 33.5 Å². The summed E-state index contributed by atoms with van der Waals surface area (Å²) in [6.45, 7) is 0. The first-order valence-electron chi connectivity index (χ1n) is 7.06. The zero-order chi connectivity index (χ0) is 16.7. The van der Waals surface area contributed by atoms with Crippen LogP contribution < -0.4 is 5.76 Å². The van der Waals surface area contributed by atoms with E-state index in [-0.39, 0.29) is 11.6 Å². The van der Waals surface area contributed by atoms with Crippen molar-refractivity contribution in [3.05, 3.63) is 64.9 Å². The summed E-state index contributed by atoms with van der Waals surface area (Å²) in [6.07, 6.45) is 0. The van der Waals surface area contributed by atoms with Crippen LogP contribution in [-0.4, -0.2) is 20.2 Å². The van der Waals surface area contributed by atoms with Gasteiger partial charge in [-0.2, -0.15) is 10.1 Å². The number of hydrogen-bond donors (Lipinski definition) is 2. The Morgan fingerprint density at radius 3 is 2.67 bits per heavy atom. The van der Waals surface area contributed by atoms with E-state index in [1.54, 1.807) is 36.4 Å². The molecule has 2 aromatic heterocycles. The molecule has 0 aliphatic carbocycles. The van der Waals surface area contributed by atoms with E-state index in [0.29, 0.717) is 22.3 Å². The number of H-pyrrole nitrogens is 1. The first-order valence-corrected chi connectivity index (χ1v) is 7.06. The standard InChI is InChI=1S/C17H10FN3O3/c18-13-8-10(16-20-17(23)24-21-16)1-4-12(13)15-5-2-9-7-11(22)3-6-14(9)19-15/h1-8,22H,(H,20,21,23). The molecule has 6 nitrogen and oxygen atoms in total. The Morgan fingerprint density at radius 2 is 1.92 bits per heavy atom. The first kappa shape index (κ1) is 14.1. The molecule has 0 saturated carbocycles. The fraction of sp³-hybridized carbons (Fsp3) is 0. The van der Waals surface area contributed by atoms with Gasteiger partial charge in [-0.05, 0) is 36.4 Å². The monoisotopic (exact) mass is 323 g/mol. The molecule has 0 aliphatic heterocycles. The van der Waals surface area contributed by atoms with E-state index >= 15 is 0 Å². The Labute approximate surface area is 134 Å². The van der Waals surface area contributed by atoms with Crippen LogP contribution in [-0.2, 0) is 0 Å². The zero-order valence-electron chi connectivity index (χ0n) is 12.2. The van der Waals surface area contributed by atoms with Gasteiger partial charge in [0.05, 0.1) is 11.2 Å². The third-order valence-corrected chi connectivity index (χ3v) is 3.63. The highest BCUT2D eigenvalue weighted by Gasteiger charge is 2.11. The van der Waals surface area contributed by atoms with Crippen LogP contribution in [0.15, 0.2) is 57.8 Å². The molecule has 0 bridgehead atoms. The van der Waals surface area contributed by atoms with Crippen LogP contribution in [0.1, 0.15) is 0 Å². The predicted octanol–water partition coefficient (Wildman–Crippen LogP) is 3.09. The minimum absolute atomic E-state index is 0.147. The van der Waals surface area contributed by atoms with Gasteiger partial charge in [0.2, 0.25) is 0 Å². The number of aromatic amines is 1. The smallest absolute Gasteiger partial charge is 0.460 e. The molecule has 0 spiro atoms. The Hall–Kier alpha value is -3.48. The lowest BCUT2D eigenvalue weighted by molar-refractivity contribution is 0.388. The van der Waals surface area contributed by atoms with Gasteiger partial charge in [0.15, 0.2) is 5.82 Å². The number of phenols is 1. The maximum absolute atomic E-state index is 14.5. The van der Waals surface area contributed by atoms with Crippen LogP contribution in [0.3, 0.4) is 0 Å². The third kappa shape index (κ3) is 2.41. The zero-order valence-corrected chi connectivity index (χ0v) is 12.2. The van der Waals surface area contributed by atoms with Gasteiger partial charge < -0.3 is 9.63 Å². The summed E-state index contributed by atoms with van der Waals surface area (Å²) in [5.41, 5.74) is 1.83. The lowest BCUT2D eigenvalue weighted by Crippen LogP contribution is -1.95. The third-order valence-electron chi connectivity index (χ3n) is 3.63. The fourth-order valence-electron chi connectivity index (χ4n) is 2.49. The maximum atomic E-state index is 14.5. The second kappa shape index (κ2) is 5.31. The summed E-state index contributed by atoms with van der Waals surface area (Å²) in [4.78, 5) is 19.0. The molecule has 2 aromatic carbocycles. The Kier molecular flexibility index (Phi) is 3.13. The van der Waals surface area contributed by atoms with Gasteiger partial charge in [0, 0.05) is 16.5 Å². The van der Waals surface area contributed by atoms with Crippen LogP contribution in [0.4, 0.5) is 4.39 Å². The van der Waals surface area contributed by atoms with E-state index in [0.717, 1.165) is 5.39 Å². The molecule has 24 heavy (non-hydrogen) atoms. The highest BCUT2D eigenvalue weighted by molar-refractivity contribution is 5.83. The highest BCUT2D eigenvalue weighted by Crippen LogP contribution is 2.27.